The topological polar surface area (TPSA) is 52.3 Å². The molecule has 28 heavy (non-hydrogen) atoms. The predicted molar refractivity (Wildman–Crippen MR) is 114 cm³/mol. The number of thioether (sulfide) groups is 1. The van der Waals surface area contributed by atoms with Crippen molar-refractivity contribution in [2.75, 3.05) is 6.61 Å². The van der Waals surface area contributed by atoms with Crippen molar-refractivity contribution < 1.29 is 13.9 Å². The number of oxazole rings is 1. The van der Waals surface area contributed by atoms with E-state index in [2.05, 4.69) is 24.0 Å². The van der Waals surface area contributed by atoms with Crippen LogP contribution in [-0.2, 0) is 17.6 Å². The van der Waals surface area contributed by atoms with Crippen LogP contribution in [0.1, 0.15) is 30.9 Å². The highest BCUT2D eigenvalue weighted by Gasteiger charge is 2.11. The fourth-order valence-electron chi connectivity index (χ4n) is 3.01. The molecule has 0 aliphatic heterocycles. The van der Waals surface area contributed by atoms with E-state index in [-0.39, 0.29) is 10.4 Å². The third-order valence-electron chi connectivity index (χ3n) is 4.33. The maximum absolute atomic E-state index is 11.2. The summed E-state index contributed by atoms with van der Waals surface area (Å²) in [6.07, 6.45) is 1.56. The van der Waals surface area contributed by atoms with Crippen molar-refractivity contribution in [3.63, 3.8) is 0 Å². The highest BCUT2D eigenvalue weighted by atomic mass is 32.2. The number of hydrogen-bond acceptors (Lipinski definition) is 5. The van der Waals surface area contributed by atoms with Crippen molar-refractivity contribution in [3.8, 4) is 17.2 Å². The lowest BCUT2D eigenvalue weighted by Gasteiger charge is -2.10. The average molecular weight is 396 g/mol. The van der Waals surface area contributed by atoms with Crippen LogP contribution < -0.4 is 4.74 Å². The normalized spacial score (nSPS) is 12.0. The number of nitrogens with zero attached hydrogens (tertiary/aromatic N) is 1. The summed E-state index contributed by atoms with van der Waals surface area (Å²) >= 11 is 1.38. The fraction of sp³-hybridized carbons (Fsp3) is 0.304. The van der Waals surface area contributed by atoms with Gasteiger partial charge in [-0.05, 0) is 43.2 Å². The van der Waals surface area contributed by atoms with E-state index < -0.39 is 0 Å². The molecule has 0 amide bonds. The molecule has 1 aromatic heterocycles. The van der Waals surface area contributed by atoms with Crippen LogP contribution in [0.3, 0.4) is 0 Å². The lowest BCUT2D eigenvalue weighted by molar-refractivity contribution is -0.109. The monoisotopic (exact) mass is 395 g/mol. The van der Waals surface area contributed by atoms with Gasteiger partial charge in [-0.25, -0.2) is 4.98 Å². The van der Waals surface area contributed by atoms with E-state index in [4.69, 9.17) is 9.15 Å². The molecule has 2 aromatic carbocycles. The summed E-state index contributed by atoms with van der Waals surface area (Å²) in [5, 5.41) is 0.434. The minimum atomic E-state index is 0.158. The van der Waals surface area contributed by atoms with Crippen molar-refractivity contribution in [2.45, 2.75) is 38.9 Å². The molecule has 0 aliphatic rings. The maximum Gasteiger partial charge on any atom is 0.226 e. The Labute approximate surface area is 170 Å². The number of carbonyl (C=O) groups excluding carboxylic acids is 1. The molecule has 0 spiro atoms. The lowest BCUT2D eigenvalue weighted by atomic mass is 10.1. The van der Waals surface area contributed by atoms with Crippen molar-refractivity contribution >= 4 is 16.9 Å². The van der Waals surface area contributed by atoms with E-state index >= 15 is 0 Å². The van der Waals surface area contributed by atoms with Crippen LogP contribution in [0, 0.1) is 6.92 Å². The first-order valence-corrected chi connectivity index (χ1v) is 10.3. The highest BCUT2D eigenvalue weighted by molar-refractivity contribution is 8.14. The second-order valence-corrected chi connectivity index (χ2v) is 8.37. The lowest BCUT2D eigenvalue weighted by Crippen LogP contribution is -2.05. The van der Waals surface area contributed by atoms with Gasteiger partial charge in [-0.1, -0.05) is 49.0 Å². The van der Waals surface area contributed by atoms with Crippen LogP contribution in [0.2, 0.25) is 0 Å². The van der Waals surface area contributed by atoms with E-state index in [9.17, 15) is 4.79 Å². The summed E-state index contributed by atoms with van der Waals surface area (Å²) in [6.45, 7) is 6.15. The molecule has 0 saturated carbocycles. The smallest absolute Gasteiger partial charge is 0.226 e. The molecule has 0 bridgehead atoms. The maximum atomic E-state index is 11.2. The second kappa shape index (κ2) is 9.60. The Kier molecular flexibility index (Phi) is 6.93. The van der Waals surface area contributed by atoms with Crippen LogP contribution in [0.25, 0.3) is 11.5 Å². The van der Waals surface area contributed by atoms with Crippen LogP contribution in [0.4, 0.5) is 0 Å². The molecule has 0 aliphatic carbocycles. The highest BCUT2D eigenvalue weighted by Crippen LogP contribution is 2.22. The van der Waals surface area contributed by atoms with Gasteiger partial charge < -0.3 is 9.15 Å². The number of rotatable bonds is 8. The van der Waals surface area contributed by atoms with Gasteiger partial charge in [0, 0.05) is 24.2 Å². The van der Waals surface area contributed by atoms with Crippen molar-refractivity contribution in [2.24, 2.45) is 0 Å². The van der Waals surface area contributed by atoms with Crippen molar-refractivity contribution in [1.29, 1.82) is 0 Å². The molecule has 4 nitrogen and oxygen atoms in total. The van der Waals surface area contributed by atoms with Gasteiger partial charge in [0.2, 0.25) is 5.89 Å². The van der Waals surface area contributed by atoms with E-state index in [1.165, 1.54) is 17.3 Å². The largest absolute Gasteiger partial charge is 0.493 e. The number of hydrogen-bond donors (Lipinski definition) is 0. The fourth-order valence-corrected chi connectivity index (χ4v) is 3.85. The molecule has 3 aromatic rings. The van der Waals surface area contributed by atoms with E-state index in [1.807, 2.05) is 49.4 Å². The van der Waals surface area contributed by atoms with Crippen molar-refractivity contribution in [3.05, 3.63) is 71.6 Å². The molecule has 5 heteroatoms. The summed E-state index contributed by atoms with van der Waals surface area (Å²) in [6, 6.07) is 18.0. The molecule has 0 saturated heterocycles. The van der Waals surface area contributed by atoms with E-state index in [1.54, 1.807) is 6.92 Å². The van der Waals surface area contributed by atoms with Gasteiger partial charge in [0.05, 0.1) is 12.3 Å². The standard InChI is InChI=1S/C23H25NO3S/c1-16(28-18(3)25)15-19-9-11-21(12-10-19)26-14-13-22-17(2)27-23(24-22)20-7-5-4-6-8-20/h4-12,16H,13-15H2,1-3H3. The number of ether oxygens (including phenoxy) is 1. The first-order chi connectivity index (χ1) is 13.5. The first kappa shape index (κ1) is 20.2. The molecule has 3 rings (SSSR count). The van der Waals surface area contributed by atoms with Crippen LogP contribution in [0.15, 0.2) is 59.0 Å². The van der Waals surface area contributed by atoms with Gasteiger partial charge in [-0.3, -0.25) is 4.79 Å². The van der Waals surface area contributed by atoms with E-state index in [0.717, 1.165) is 29.2 Å². The molecule has 1 heterocycles. The van der Waals surface area contributed by atoms with Gasteiger partial charge in [0.1, 0.15) is 11.5 Å². The van der Waals surface area contributed by atoms with Crippen LogP contribution in [-0.4, -0.2) is 22.0 Å². The minimum absolute atomic E-state index is 0.158. The second-order valence-electron chi connectivity index (χ2n) is 6.75. The zero-order chi connectivity index (χ0) is 19.9. The van der Waals surface area contributed by atoms with Crippen LogP contribution in [0.5, 0.6) is 5.75 Å². The Morgan fingerprint density at radius 1 is 1.14 bits per heavy atom. The Morgan fingerprint density at radius 3 is 2.54 bits per heavy atom. The van der Waals surface area contributed by atoms with Gasteiger partial charge in [-0.15, -0.1) is 0 Å². The number of aromatic nitrogens is 1. The Bertz CT molecular complexity index is 903. The third kappa shape index (κ3) is 5.73. The van der Waals surface area contributed by atoms with Crippen molar-refractivity contribution in [1.82, 2.24) is 4.98 Å². The Balaban J connectivity index is 1.51. The summed E-state index contributed by atoms with van der Waals surface area (Å²) in [7, 11) is 0. The predicted octanol–water partition coefficient (Wildman–Crippen LogP) is 5.48. The number of aryl methyl sites for hydroxylation is 1. The van der Waals surface area contributed by atoms with Gasteiger partial charge in [0.25, 0.3) is 0 Å². The average Bonchev–Trinajstić information content (AvgIpc) is 3.04. The van der Waals surface area contributed by atoms with Gasteiger partial charge in [0.15, 0.2) is 5.12 Å². The molecule has 146 valence electrons. The minimum Gasteiger partial charge on any atom is -0.493 e. The SMILES string of the molecule is CC(=O)SC(C)Cc1ccc(OCCc2nc(-c3ccccc3)oc2C)cc1. The zero-order valence-corrected chi connectivity index (χ0v) is 17.3. The Morgan fingerprint density at radius 2 is 1.86 bits per heavy atom. The zero-order valence-electron chi connectivity index (χ0n) is 16.5. The molecular formula is C23H25NO3S. The number of benzene rings is 2. The van der Waals surface area contributed by atoms with Gasteiger partial charge in [-0.2, -0.15) is 0 Å². The van der Waals surface area contributed by atoms with Crippen LogP contribution >= 0.6 is 11.8 Å². The summed E-state index contributed by atoms with van der Waals surface area (Å²) in [4.78, 5) is 15.8. The molecule has 1 unspecified atom stereocenters. The van der Waals surface area contributed by atoms with Gasteiger partial charge >= 0.3 is 0 Å². The molecule has 0 radical (unpaired) electrons. The molecule has 0 N–H and O–H groups in total. The summed E-state index contributed by atoms with van der Waals surface area (Å²) < 4.78 is 11.7. The molecular weight excluding hydrogens is 370 g/mol. The first-order valence-electron chi connectivity index (χ1n) is 9.42. The third-order valence-corrected chi connectivity index (χ3v) is 5.24. The summed E-state index contributed by atoms with van der Waals surface area (Å²) in [5.74, 6) is 2.31. The summed E-state index contributed by atoms with van der Waals surface area (Å²) in [5.41, 5.74) is 3.10. The molecule has 1 atom stereocenters. The molecule has 0 fully saturated rings. The Hall–Kier alpha value is -2.53. The quantitative estimate of drug-likeness (QED) is 0.505. The number of carbonyl (C=O) groups is 1. The van der Waals surface area contributed by atoms with E-state index in [0.29, 0.717) is 18.9 Å².